The molecule has 0 aromatic carbocycles. The zero-order valence-corrected chi connectivity index (χ0v) is 13.8. The van der Waals surface area contributed by atoms with Gasteiger partial charge in [0.25, 0.3) is 0 Å². The van der Waals surface area contributed by atoms with Crippen LogP contribution in [0.4, 0.5) is 16.2 Å². The van der Waals surface area contributed by atoms with Gasteiger partial charge in [-0.2, -0.15) is 4.98 Å². The van der Waals surface area contributed by atoms with E-state index in [1.807, 2.05) is 0 Å². The van der Waals surface area contributed by atoms with Gasteiger partial charge in [-0.05, 0) is 19.3 Å². The number of carbonyl (C=O) groups is 1. The van der Waals surface area contributed by atoms with Crippen molar-refractivity contribution in [2.75, 3.05) is 24.3 Å². The van der Waals surface area contributed by atoms with Crippen molar-refractivity contribution >= 4 is 17.7 Å². The van der Waals surface area contributed by atoms with E-state index in [2.05, 4.69) is 20.6 Å². The molecule has 1 fully saturated rings. The number of methoxy groups -OCH3 is 1. The molecule has 1 aliphatic carbocycles. The van der Waals surface area contributed by atoms with Gasteiger partial charge >= 0.3 is 5.97 Å². The monoisotopic (exact) mass is 324 g/mol. The lowest BCUT2D eigenvalue weighted by atomic mass is 9.95. The Morgan fingerprint density at radius 2 is 2.17 bits per heavy atom. The maximum absolute atomic E-state index is 13.3. The van der Waals surface area contributed by atoms with Crippen molar-refractivity contribution in [2.24, 2.45) is 0 Å². The molecular formula is C16H25FN4O2. The Morgan fingerprint density at radius 1 is 1.43 bits per heavy atom. The Labute approximate surface area is 136 Å². The SMILES string of the molecule is CCC(F)CNc1ncc(C(=O)OC)c(NC2CCCCC2)n1. The van der Waals surface area contributed by atoms with Gasteiger partial charge < -0.3 is 15.4 Å². The molecule has 1 unspecified atom stereocenters. The molecular weight excluding hydrogens is 299 g/mol. The van der Waals surface area contributed by atoms with Gasteiger partial charge in [0.15, 0.2) is 0 Å². The molecule has 7 heteroatoms. The third-order valence-corrected chi connectivity index (χ3v) is 4.06. The predicted octanol–water partition coefficient (Wildman–Crippen LogP) is 3.17. The molecule has 2 rings (SSSR count). The quantitative estimate of drug-likeness (QED) is 0.750. The van der Waals surface area contributed by atoms with E-state index < -0.39 is 12.1 Å². The van der Waals surface area contributed by atoms with E-state index in [9.17, 15) is 9.18 Å². The van der Waals surface area contributed by atoms with Crippen LogP contribution >= 0.6 is 0 Å². The van der Waals surface area contributed by atoms with Crippen LogP contribution < -0.4 is 10.6 Å². The Morgan fingerprint density at radius 3 is 2.83 bits per heavy atom. The third-order valence-electron chi connectivity index (χ3n) is 4.06. The zero-order valence-electron chi connectivity index (χ0n) is 13.8. The highest BCUT2D eigenvalue weighted by Gasteiger charge is 2.20. The summed E-state index contributed by atoms with van der Waals surface area (Å²) in [5.74, 6) is 0.284. The molecule has 0 saturated heterocycles. The van der Waals surface area contributed by atoms with Gasteiger partial charge in [0, 0.05) is 18.8 Å². The van der Waals surface area contributed by atoms with E-state index >= 15 is 0 Å². The minimum atomic E-state index is -0.950. The van der Waals surface area contributed by atoms with Crippen molar-refractivity contribution < 1.29 is 13.9 Å². The largest absolute Gasteiger partial charge is 0.465 e. The molecule has 6 nitrogen and oxygen atoms in total. The normalized spacial score (nSPS) is 16.7. The second-order valence-electron chi connectivity index (χ2n) is 5.81. The van der Waals surface area contributed by atoms with Gasteiger partial charge in [-0.25, -0.2) is 14.2 Å². The molecule has 1 heterocycles. The fourth-order valence-corrected chi connectivity index (χ4v) is 2.62. The summed E-state index contributed by atoms with van der Waals surface area (Å²) in [5, 5.41) is 6.19. The van der Waals surface area contributed by atoms with E-state index in [1.54, 1.807) is 6.92 Å². The molecule has 1 aliphatic rings. The van der Waals surface area contributed by atoms with E-state index in [0.29, 0.717) is 29.8 Å². The number of halogens is 1. The first-order chi connectivity index (χ1) is 11.1. The van der Waals surface area contributed by atoms with Gasteiger partial charge in [-0.1, -0.05) is 26.2 Å². The molecule has 1 atom stereocenters. The minimum absolute atomic E-state index is 0.150. The number of ether oxygens (including phenoxy) is 1. The van der Waals surface area contributed by atoms with Crippen LogP contribution in [0.25, 0.3) is 0 Å². The summed E-state index contributed by atoms with van der Waals surface area (Å²) in [6.45, 7) is 1.93. The van der Waals surface area contributed by atoms with Crippen LogP contribution in [-0.4, -0.2) is 41.8 Å². The maximum atomic E-state index is 13.3. The summed E-state index contributed by atoms with van der Waals surface area (Å²) in [6.07, 6.45) is 6.59. The molecule has 23 heavy (non-hydrogen) atoms. The first-order valence-corrected chi connectivity index (χ1v) is 8.23. The highest BCUT2D eigenvalue weighted by atomic mass is 19.1. The van der Waals surface area contributed by atoms with Gasteiger partial charge in [0.1, 0.15) is 17.6 Å². The lowest BCUT2D eigenvalue weighted by Crippen LogP contribution is -2.25. The lowest BCUT2D eigenvalue weighted by Gasteiger charge is -2.24. The van der Waals surface area contributed by atoms with Crippen LogP contribution in [0.5, 0.6) is 0 Å². The van der Waals surface area contributed by atoms with Crippen LogP contribution in [0, 0.1) is 0 Å². The molecule has 0 spiro atoms. The number of hydrogen-bond acceptors (Lipinski definition) is 6. The summed E-state index contributed by atoms with van der Waals surface area (Å²) in [4.78, 5) is 20.3. The number of rotatable bonds is 7. The standard InChI is InChI=1S/C16H25FN4O2/c1-3-11(17)9-18-16-19-10-13(15(22)23-2)14(21-16)20-12-7-5-4-6-8-12/h10-12H,3-9H2,1-2H3,(H2,18,19,20,21). The fourth-order valence-electron chi connectivity index (χ4n) is 2.62. The van der Waals surface area contributed by atoms with Crippen molar-refractivity contribution in [3.05, 3.63) is 11.8 Å². The van der Waals surface area contributed by atoms with Gasteiger partial charge in [-0.3, -0.25) is 0 Å². The Bertz CT molecular complexity index is 521. The van der Waals surface area contributed by atoms with E-state index in [0.717, 1.165) is 12.8 Å². The molecule has 1 aromatic heterocycles. The topological polar surface area (TPSA) is 76.1 Å². The van der Waals surface area contributed by atoms with Gasteiger partial charge in [0.05, 0.1) is 7.11 Å². The van der Waals surface area contributed by atoms with Crippen molar-refractivity contribution in [3.8, 4) is 0 Å². The average Bonchev–Trinajstić information content (AvgIpc) is 2.60. The number of hydrogen-bond donors (Lipinski definition) is 2. The van der Waals surface area contributed by atoms with Crippen LogP contribution in [0.1, 0.15) is 55.8 Å². The smallest absolute Gasteiger partial charge is 0.343 e. The Hall–Kier alpha value is -1.92. The minimum Gasteiger partial charge on any atom is -0.465 e. The van der Waals surface area contributed by atoms with Crippen LogP contribution in [0.3, 0.4) is 0 Å². The number of nitrogens with zero attached hydrogens (tertiary/aromatic N) is 2. The maximum Gasteiger partial charge on any atom is 0.343 e. The molecule has 1 aromatic rings. The highest BCUT2D eigenvalue weighted by molar-refractivity contribution is 5.94. The lowest BCUT2D eigenvalue weighted by molar-refractivity contribution is 0.0601. The summed E-state index contributed by atoms with van der Waals surface area (Å²) in [6, 6.07) is 0.291. The van der Waals surface area contributed by atoms with E-state index in [1.165, 1.54) is 32.6 Å². The number of aromatic nitrogens is 2. The molecule has 0 aliphatic heterocycles. The second-order valence-corrected chi connectivity index (χ2v) is 5.81. The first kappa shape index (κ1) is 17.4. The third kappa shape index (κ3) is 5.04. The van der Waals surface area contributed by atoms with Crippen molar-refractivity contribution in [3.63, 3.8) is 0 Å². The predicted molar refractivity (Wildman–Crippen MR) is 87.5 cm³/mol. The Kier molecular flexibility index (Phi) is 6.55. The molecule has 1 saturated carbocycles. The first-order valence-electron chi connectivity index (χ1n) is 8.23. The van der Waals surface area contributed by atoms with Crippen LogP contribution in [0.2, 0.25) is 0 Å². The fraction of sp³-hybridized carbons (Fsp3) is 0.688. The number of esters is 1. The molecule has 2 N–H and O–H groups in total. The zero-order chi connectivity index (χ0) is 16.7. The molecule has 128 valence electrons. The van der Waals surface area contributed by atoms with E-state index in [4.69, 9.17) is 4.74 Å². The van der Waals surface area contributed by atoms with Gasteiger partial charge in [0.2, 0.25) is 5.95 Å². The molecule has 0 radical (unpaired) electrons. The number of anilines is 2. The number of nitrogens with one attached hydrogen (secondary N) is 2. The average molecular weight is 324 g/mol. The summed E-state index contributed by atoms with van der Waals surface area (Å²) in [5.41, 5.74) is 0.302. The summed E-state index contributed by atoms with van der Waals surface area (Å²) >= 11 is 0. The summed E-state index contributed by atoms with van der Waals surface area (Å²) in [7, 11) is 1.33. The van der Waals surface area contributed by atoms with Crippen molar-refractivity contribution in [1.29, 1.82) is 0 Å². The van der Waals surface area contributed by atoms with Crippen molar-refractivity contribution in [2.45, 2.75) is 57.7 Å². The van der Waals surface area contributed by atoms with E-state index in [-0.39, 0.29) is 6.54 Å². The second kappa shape index (κ2) is 8.64. The molecule has 0 bridgehead atoms. The molecule has 0 amide bonds. The summed E-state index contributed by atoms with van der Waals surface area (Å²) < 4.78 is 18.1. The number of carbonyl (C=O) groups excluding carboxylic acids is 1. The number of alkyl halides is 1. The highest BCUT2D eigenvalue weighted by Crippen LogP contribution is 2.23. The van der Waals surface area contributed by atoms with Crippen LogP contribution in [-0.2, 0) is 4.74 Å². The van der Waals surface area contributed by atoms with Gasteiger partial charge in [-0.15, -0.1) is 0 Å². The van der Waals surface area contributed by atoms with Crippen molar-refractivity contribution in [1.82, 2.24) is 9.97 Å². The van der Waals surface area contributed by atoms with Crippen LogP contribution in [0.15, 0.2) is 6.20 Å². The Balaban J connectivity index is 2.14.